The van der Waals surface area contributed by atoms with E-state index in [9.17, 15) is 5.11 Å². The number of aliphatic hydroxyl groups is 1. The molecule has 3 nitrogen and oxygen atoms in total. The van der Waals surface area contributed by atoms with Crippen LogP contribution in [0.3, 0.4) is 0 Å². The highest BCUT2D eigenvalue weighted by Gasteiger charge is 2.44. The number of hydrogen-bond donors (Lipinski definition) is 1. The number of ether oxygens (including phenoxy) is 1. The summed E-state index contributed by atoms with van der Waals surface area (Å²) in [7, 11) is 3.91. The van der Waals surface area contributed by atoms with E-state index in [-0.39, 0.29) is 0 Å². The van der Waals surface area contributed by atoms with Crippen LogP contribution in [-0.2, 0) is 5.60 Å². The second-order valence-corrected chi connectivity index (χ2v) is 7.27. The zero-order valence-electron chi connectivity index (χ0n) is 14.0. The van der Waals surface area contributed by atoms with Gasteiger partial charge in [-0.2, -0.15) is 0 Å². The standard InChI is InChI=1S/C20H25NO2/c1-21-17-4-3-5-18(21)13-20(22,12-17)16-8-6-15-11-19(23-2)9-7-14(15)10-16/h6-11,17-18,22H,3-5,12-13H2,1-2H3. The Kier molecular flexibility index (Phi) is 3.58. The molecule has 0 radical (unpaired) electrons. The molecule has 3 heteroatoms. The molecule has 0 spiro atoms. The van der Waals surface area contributed by atoms with Gasteiger partial charge in [0.1, 0.15) is 5.75 Å². The molecule has 2 aromatic carbocycles. The highest BCUT2D eigenvalue weighted by molar-refractivity contribution is 5.84. The van der Waals surface area contributed by atoms with Gasteiger partial charge in [-0.25, -0.2) is 0 Å². The maximum atomic E-state index is 11.4. The smallest absolute Gasteiger partial charge is 0.119 e. The Hall–Kier alpha value is -1.58. The van der Waals surface area contributed by atoms with Crippen LogP contribution in [0.2, 0.25) is 0 Å². The van der Waals surface area contributed by atoms with E-state index in [1.165, 1.54) is 24.6 Å². The van der Waals surface area contributed by atoms with Gasteiger partial charge in [-0.1, -0.05) is 24.6 Å². The first-order valence-corrected chi connectivity index (χ1v) is 8.62. The molecule has 2 aliphatic heterocycles. The highest BCUT2D eigenvalue weighted by atomic mass is 16.5. The van der Waals surface area contributed by atoms with Gasteiger partial charge in [-0.05, 0) is 67.3 Å². The maximum absolute atomic E-state index is 11.4. The molecule has 2 aromatic rings. The summed E-state index contributed by atoms with van der Waals surface area (Å²) in [5, 5.41) is 13.7. The second-order valence-electron chi connectivity index (χ2n) is 7.27. The van der Waals surface area contributed by atoms with Gasteiger partial charge >= 0.3 is 0 Å². The number of hydrogen-bond acceptors (Lipinski definition) is 3. The molecule has 4 rings (SSSR count). The van der Waals surface area contributed by atoms with Crippen LogP contribution in [0.1, 0.15) is 37.7 Å². The van der Waals surface area contributed by atoms with E-state index in [0.29, 0.717) is 12.1 Å². The average molecular weight is 311 g/mol. The van der Waals surface area contributed by atoms with Crippen molar-refractivity contribution in [2.75, 3.05) is 14.2 Å². The van der Waals surface area contributed by atoms with E-state index in [1.54, 1.807) is 7.11 Å². The van der Waals surface area contributed by atoms with Crippen molar-refractivity contribution in [3.63, 3.8) is 0 Å². The zero-order chi connectivity index (χ0) is 16.0. The first-order chi connectivity index (χ1) is 11.1. The van der Waals surface area contributed by atoms with E-state index >= 15 is 0 Å². The first kappa shape index (κ1) is 15.0. The normalized spacial score (nSPS) is 31.3. The largest absolute Gasteiger partial charge is 0.497 e. The molecule has 122 valence electrons. The number of nitrogens with zero attached hydrogens (tertiary/aromatic N) is 1. The lowest BCUT2D eigenvalue weighted by atomic mass is 9.72. The lowest BCUT2D eigenvalue weighted by Crippen LogP contribution is -2.55. The molecule has 2 fully saturated rings. The van der Waals surface area contributed by atoms with Crippen molar-refractivity contribution >= 4 is 10.8 Å². The Bertz CT molecular complexity index is 713. The molecule has 0 saturated carbocycles. The maximum Gasteiger partial charge on any atom is 0.119 e. The molecule has 2 aliphatic rings. The van der Waals surface area contributed by atoms with Crippen LogP contribution in [0.25, 0.3) is 10.8 Å². The molecule has 2 bridgehead atoms. The van der Waals surface area contributed by atoms with Gasteiger partial charge in [-0.3, -0.25) is 0 Å². The summed E-state index contributed by atoms with van der Waals surface area (Å²) < 4.78 is 5.30. The third-order valence-electron chi connectivity index (χ3n) is 5.96. The minimum absolute atomic E-state index is 0.513. The van der Waals surface area contributed by atoms with Crippen molar-refractivity contribution in [2.45, 2.75) is 49.8 Å². The molecule has 2 saturated heterocycles. The Labute approximate surface area is 137 Å². The van der Waals surface area contributed by atoms with E-state index in [0.717, 1.165) is 29.5 Å². The van der Waals surface area contributed by atoms with Crippen LogP contribution in [0.4, 0.5) is 0 Å². The molecule has 2 heterocycles. The highest BCUT2D eigenvalue weighted by Crippen LogP contribution is 2.44. The number of fused-ring (bicyclic) bond motifs is 3. The average Bonchev–Trinajstić information content (AvgIpc) is 2.55. The minimum Gasteiger partial charge on any atom is -0.497 e. The number of benzene rings is 2. The van der Waals surface area contributed by atoms with Gasteiger partial charge in [0.25, 0.3) is 0 Å². The van der Waals surface area contributed by atoms with Gasteiger partial charge in [0.15, 0.2) is 0 Å². The lowest BCUT2D eigenvalue weighted by Gasteiger charge is -2.50. The molecule has 0 aromatic heterocycles. The summed E-state index contributed by atoms with van der Waals surface area (Å²) >= 11 is 0. The van der Waals surface area contributed by atoms with E-state index < -0.39 is 5.60 Å². The predicted molar refractivity (Wildman–Crippen MR) is 92.8 cm³/mol. The van der Waals surface area contributed by atoms with Crippen molar-refractivity contribution in [3.8, 4) is 5.75 Å². The Morgan fingerprint density at radius 2 is 1.70 bits per heavy atom. The molecular weight excluding hydrogens is 286 g/mol. The topological polar surface area (TPSA) is 32.7 Å². The fourth-order valence-corrected chi connectivity index (χ4v) is 4.53. The van der Waals surface area contributed by atoms with Gasteiger partial charge in [0, 0.05) is 12.1 Å². The first-order valence-electron chi connectivity index (χ1n) is 8.62. The Morgan fingerprint density at radius 3 is 2.39 bits per heavy atom. The Balaban J connectivity index is 1.70. The third kappa shape index (κ3) is 2.52. The minimum atomic E-state index is -0.684. The van der Waals surface area contributed by atoms with Crippen LogP contribution in [-0.4, -0.2) is 36.2 Å². The van der Waals surface area contributed by atoms with Gasteiger partial charge in [0.2, 0.25) is 0 Å². The fraction of sp³-hybridized carbons (Fsp3) is 0.500. The summed E-state index contributed by atoms with van der Waals surface area (Å²) in [4.78, 5) is 2.49. The summed E-state index contributed by atoms with van der Waals surface area (Å²) in [6.07, 6.45) is 5.41. The van der Waals surface area contributed by atoms with Crippen LogP contribution < -0.4 is 4.74 Å². The van der Waals surface area contributed by atoms with Crippen molar-refractivity contribution in [1.29, 1.82) is 0 Å². The summed E-state index contributed by atoms with van der Waals surface area (Å²) in [5.74, 6) is 0.873. The van der Waals surface area contributed by atoms with Crippen molar-refractivity contribution in [1.82, 2.24) is 4.90 Å². The van der Waals surface area contributed by atoms with Gasteiger partial charge in [0.05, 0.1) is 12.7 Å². The van der Waals surface area contributed by atoms with Crippen molar-refractivity contribution < 1.29 is 9.84 Å². The van der Waals surface area contributed by atoms with Crippen molar-refractivity contribution in [3.05, 3.63) is 42.0 Å². The van der Waals surface area contributed by atoms with Crippen LogP contribution in [0, 0.1) is 0 Å². The predicted octanol–water partition coefficient (Wildman–Crippen LogP) is 3.68. The summed E-state index contributed by atoms with van der Waals surface area (Å²) in [6, 6.07) is 13.5. The van der Waals surface area contributed by atoms with Crippen molar-refractivity contribution in [2.24, 2.45) is 0 Å². The quantitative estimate of drug-likeness (QED) is 0.918. The second kappa shape index (κ2) is 5.50. The molecule has 0 amide bonds. The van der Waals surface area contributed by atoms with Crippen LogP contribution in [0.15, 0.2) is 36.4 Å². The monoisotopic (exact) mass is 311 g/mol. The molecule has 23 heavy (non-hydrogen) atoms. The summed E-state index contributed by atoms with van der Waals surface area (Å²) in [5.41, 5.74) is 0.385. The summed E-state index contributed by atoms with van der Waals surface area (Å²) in [6.45, 7) is 0. The third-order valence-corrected chi connectivity index (χ3v) is 5.96. The molecule has 1 N–H and O–H groups in total. The van der Waals surface area contributed by atoms with Gasteiger partial charge in [-0.15, -0.1) is 0 Å². The number of methoxy groups -OCH3 is 1. The molecule has 0 aliphatic carbocycles. The zero-order valence-corrected chi connectivity index (χ0v) is 14.0. The molecule has 2 unspecified atom stereocenters. The van der Waals surface area contributed by atoms with E-state index in [4.69, 9.17) is 4.74 Å². The van der Waals surface area contributed by atoms with E-state index in [2.05, 4.69) is 36.2 Å². The lowest BCUT2D eigenvalue weighted by molar-refractivity contribution is -0.0874. The van der Waals surface area contributed by atoms with Crippen LogP contribution >= 0.6 is 0 Å². The fourth-order valence-electron chi connectivity index (χ4n) is 4.53. The SMILES string of the molecule is COc1ccc2cc(C3(O)CC4CCCC(C3)N4C)ccc2c1. The molecule has 2 atom stereocenters. The van der Waals surface area contributed by atoms with Gasteiger partial charge < -0.3 is 14.7 Å². The number of piperidine rings is 2. The van der Waals surface area contributed by atoms with Crippen LogP contribution in [0.5, 0.6) is 5.75 Å². The molecular formula is C20H25NO2. The number of rotatable bonds is 2. The van der Waals surface area contributed by atoms with E-state index in [1.807, 2.05) is 12.1 Å². The Morgan fingerprint density at radius 1 is 1.04 bits per heavy atom.